The molecule has 1 aromatic rings. The van der Waals surface area contributed by atoms with E-state index >= 15 is 0 Å². The van der Waals surface area contributed by atoms with Gasteiger partial charge < -0.3 is 5.11 Å². The predicted octanol–water partition coefficient (Wildman–Crippen LogP) is 1.20. The first-order valence-electron chi connectivity index (χ1n) is 4.11. The fraction of sp³-hybridized carbons (Fsp3) is 0.714. The van der Waals surface area contributed by atoms with Crippen LogP contribution in [-0.4, -0.2) is 20.1 Å². The molecule has 1 heterocycles. The molecule has 0 atom stereocenters. The van der Waals surface area contributed by atoms with E-state index in [1.54, 1.807) is 6.92 Å². The highest BCUT2D eigenvalue weighted by Gasteiger charge is 2.38. The van der Waals surface area contributed by atoms with Crippen LogP contribution in [0, 0.1) is 0 Å². The predicted molar refractivity (Wildman–Crippen MR) is 41.2 cm³/mol. The van der Waals surface area contributed by atoms with Gasteiger partial charge in [-0.2, -0.15) is 13.2 Å². The molecule has 0 aromatic carbocycles. The van der Waals surface area contributed by atoms with Gasteiger partial charge in [0.25, 0.3) is 0 Å². The van der Waals surface area contributed by atoms with E-state index in [-0.39, 0.29) is 6.54 Å². The number of hydrogen-bond acceptors (Lipinski definition) is 3. The summed E-state index contributed by atoms with van der Waals surface area (Å²) in [6.07, 6.45) is -3.99. The van der Waals surface area contributed by atoms with Gasteiger partial charge in [0, 0.05) is 6.54 Å². The Labute approximate surface area is 78.3 Å². The average Bonchev–Trinajstić information content (AvgIpc) is 2.47. The van der Waals surface area contributed by atoms with Gasteiger partial charge in [0.15, 0.2) is 5.69 Å². The van der Waals surface area contributed by atoms with E-state index in [9.17, 15) is 13.2 Å². The minimum absolute atomic E-state index is 0.141. The molecule has 0 aliphatic carbocycles. The molecule has 80 valence electrons. The van der Waals surface area contributed by atoms with E-state index < -0.39 is 24.2 Å². The third kappa shape index (κ3) is 2.03. The van der Waals surface area contributed by atoms with Crippen molar-refractivity contribution in [1.82, 2.24) is 15.0 Å². The normalized spacial score (nSPS) is 12.1. The van der Waals surface area contributed by atoms with E-state index in [1.165, 1.54) is 0 Å². The van der Waals surface area contributed by atoms with Gasteiger partial charge in [-0.25, -0.2) is 4.68 Å². The second-order valence-electron chi connectivity index (χ2n) is 2.76. The van der Waals surface area contributed by atoms with Crippen molar-refractivity contribution in [3.63, 3.8) is 0 Å². The van der Waals surface area contributed by atoms with Crippen molar-refractivity contribution in [3.8, 4) is 0 Å². The van der Waals surface area contributed by atoms with Gasteiger partial charge in [-0.05, 0) is 6.42 Å². The molecule has 1 aromatic heterocycles. The molecule has 0 saturated carbocycles. The highest BCUT2D eigenvalue weighted by molar-refractivity contribution is 5.12. The first-order chi connectivity index (χ1) is 6.50. The molecule has 0 aliphatic heterocycles. The number of halogens is 3. The zero-order valence-corrected chi connectivity index (χ0v) is 7.54. The van der Waals surface area contributed by atoms with Crippen molar-refractivity contribution in [1.29, 1.82) is 0 Å². The van der Waals surface area contributed by atoms with Crippen LogP contribution in [0.5, 0.6) is 0 Å². The number of aliphatic hydroxyl groups is 1. The van der Waals surface area contributed by atoms with Crippen LogP contribution >= 0.6 is 0 Å². The fourth-order valence-corrected chi connectivity index (χ4v) is 1.13. The molecule has 1 N–H and O–H groups in total. The smallest absolute Gasteiger partial charge is 0.390 e. The van der Waals surface area contributed by atoms with Crippen LogP contribution in [0.15, 0.2) is 0 Å². The summed E-state index contributed by atoms with van der Waals surface area (Å²) in [5.74, 6) is 0. The summed E-state index contributed by atoms with van der Waals surface area (Å²) in [6, 6.07) is 0. The van der Waals surface area contributed by atoms with Crippen molar-refractivity contribution < 1.29 is 18.3 Å². The maximum absolute atomic E-state index is 12.4. The Bertz CT molecular complexity index is 308. The van der Waals surface area contributed by atoms with Crippen LogP contribution in [0.25, 0.3) is 0 Å². The van der Waals surface area contributed by atoms with E-state index in [0.717, 1.165) is 4.68 Å². The maximum Gasteiger partial charge on any atom is 0.435 e. The van der Waals surface area contributed by atoms with E-state index in [2.05, 4.69) is 10.3 Å². The Kier molecular flexibility index (Phi) is 3.10. The summed E-state index contributed by atoms with van der Waals surface area (Å²) in [7, 11) is 0. The van der Waals surface area contributed by atoms with Gasteiger partial charge in [0.2, 0.25) is 0 Å². The first kappa shape index (κ1) is 11.0. The van der Waals surface area contributed by atoms with Crippen molar-refractivity contribution in [2.24, 2.45) is 0 Å². The zero-order chi connectivity index (χ0) is 10.8. The third-order valence-corrected chi connectivity index (χ3v) is 1.66. The van der Waals surface area contributed by atoms with Crippen molar-refractivity contribution in [3.05, 3.63) is 11.4 Å². The Morgan fingerprint density at radius 3 is 2.50 bits per heavy atom. The molecule has 0 saturated heterocycles. The Morgan fingerprint density at radius 2 is 2.07 bits per heavy atom. The summed E-state index contributed by atoms with van der Waals surface area (Å²) in [5.41, 5.74) is -1.38. The molecule has 7 heteroatoms. The second kappa shape index (κ2) is 3.95. The fourth-order valence-electron chi connectivity index (χ4n) is 1.13. The van der Waals surface area contributed by atoms with Gasteiger partial charge in [0.05, 0.1) is 6.61 Å². The molecule has 14 heavy (non-hydrogen) atoms. The zero-order valence-electron chi connectivity index (χ0n) is 7.54. The lowest BCUT2D eigenvalue weighted by atomic mass is 10.3. The number of aryl methyl sites for hydroxylation is 1. The largest absolute Gasteiger partial charge is 0.435 e. The van der Waals surface area contributed by atoms with Gasteiger partial charge in [-0.3, -0.25) is 0 Å². The topological polar surface area (TPSA) is 50.9 Å². The maximum atomic E-state index is 12.4. The van der Waals surface area contributed by atoms with Gasteiger partial charge in [0.1, 0.15) is 5.69 Å². The molecule has 1 rings (SSSR count). The molecule has 4 nitrogen and oxygen atoms in total. The van der Waals surface area contributed by atoms with Crippen LogP contribution < -0.4 is 0 Å². The SMILES string of the molecule is CCCn1nnc(CO)c1C(F)(F)F. The molecular formula is C7H10F3N3O. The number of aliphatic hydroxyl groups excluding tert-OH is 1. The molecule has 0 aliphatic rings. The van der Waals surface area contributed by atoms with Crippen molar-refractivity contribution in [2.75, 3.05) is 0 Å². The molecule has 0 bridgehead atoms. The monoisotopic (exact) mass is 209 g/mol. The minimum Gasteiger partial charge on any atom is -0.390 e. The van der Waals surface area contributed by atoms with Crippen LogP contribution in [0.1, 0.15) is 24.7 Å². The molecular weight excluding hydrogens is 199 g/mol. The van der Waals surface area contributed by atoms with Gasteiger partial charge >= 0.3 is 6.18 Å². The van der Waals surface area contributed by atoms with Crippen molar-refractivity contribution >= 4 is 0 Å². The van der Waals surface area contributed by atoms with Crippen LogP contribution in [0.2, 0.25) is 0 Å². The molecule has 0 amide bonds. The van der Waals surface area contributed by atoms with E-state index in [4.69, 9.17) is 5.11 Å². The summed E-state index contributed by atoms with van der Waals surface area (Å²) < 4.78 is 38.1. The third-order valence-electron chi connectivity index (χ3n) is 1.66. The van der Waals surface area contributed by atoms with Gasteiger partial charge in [-0.15, -0.1) is 5.10 Å². The summed E-state index contributed by atoms with van der Waals surface area (Å²) >= 11 is 0. The standard InChI is InChI=1S/C7H10F3N3O/c1-2-3-13-6(7(8,9)10)5(4-14)11-12-13/h14H,2-4H2,1H3. The lowest BCUT2D eigenvalue weighted by molar-refractivity contribution is -0.145. The molecule has 0 fully saturated rings. The van der Waals surface area contributed by atoms with Gasteiger partial charge in [-0.1, -0.05) is 12.1 Å². The number of rotatable bonds is 3. The first-order valence-corrected chi connectivity index (χ1v) is 4.11. The molecule has 0 unspecified atom stereocenters. The summed E-state index contributed by atoms with van der Waals surface area (Å²) in [6.45, 7) is 1.13. The summed E-state index contributed by atoms with van der Waals surface area (Å²) in [5, 5.41) is 15.2. The van der Waals surface area contributed by atoms with E-state index in [0.29, 0.717) is 6.42 Å². The Morgan fingerprint density at radius 1 is 1.43 bits per heavy atom. The van der Waals surface area contributed by atoms with Crippen molar-refractivity contribution in [2.45, 2.75) is 32.7 Å². The van der Waals surface area contributed by atoms with Crippen LogP contribution in [0.4, 0.5) is 13.2 Å². The molecule has 0 spiro atoms. The number of aromatic nitrogens is 3. The summed E-state index contributed by atoms with van der Waals surface area (Å²) in [4.78, 5) is 0. The van der Waals surface area contributed by atoms with Crippen LogP contribution in [-0.2, 0) is 19.3 Å². The number of alkyl halides is 3. The highest BCUT2D eigenvalue weighted by Crippen LogP contribution is 2.31. The molecule has 0 radical (unpaired) electrons. The number of hydrogen-bond donors (Lipinski definition) is 1. The highest BCUT2D eigenvalue weighted by atomic mass is 19.4. The lowest BCUT2D eigenvalue weighted by Crippen LogP contribution is -2.16. The quantitative estimate of drug-likeness (QED) is 0.813. The second-order valence-corrected chi connectivity index (χ2v) is 2.76. The average molecular weight is 209 g/mol. The Balaban J connectivity index is 3.13. The van der Waals surface area contributed by atoms with Crippen LogP contribution in [0.3, 0.4) is 0 Å². The number of nitrogens with zero attached hydrogens (tertiary/aromatic N) is 3. The Hall–Kier alpha value is -1.11. The minimum atomic E-state index is -4.52. The van der Waals surface area contributed by atoms with E-state index in [1.807, 2.05) is 0 Å². The lowest BCUT2D eigenvalue weighted by Gasteiger charge is -2.09.